The molecule has 1 saturated heterocycles. The highest BCUT2D eigenvalue weighted by Gasteiger charge is 2.34. The Hall–Kier alpha value is -1.53. The van der Waals surface area contributed by atoms with Crippen molar-refractivity contribution in [3.63, 3.8) is 0 Å². The van der Waals surface area contributed by atoms with E-state index in [4.69, 9.17) is 0 Å². The first-order chi connectivity index (χ1) is 11.0. The molecule has 0 unspecified atom stereocenters. The number of thioether (sulfide) groups is 1. The number of carbonyl (C=O) groups is 2. The first-order valence-corrected chi connectivity index (χ1v) is 9.18. The predicted molar refractivity (Wildman–Crippen MR) is 94.9 cm³/mol. The van der Waals surface area contributed by atoms with E-state index < -0.39 is 0 Å². The molecular weight excluding hydrogens is 310 g/mol. The Balaban J connectivity index is 1.89. The van der Waals surface area contributed by atoms with E-state index in [1.807, 2.05) is 37.6 Å². The number of benzene rings is 1. The predicted octanol–water partition coefficient (Wildman–Crippen LogP) is 1.83. The van der Waals surface area contributed by atoms with Crippen LogP contribution in [0.3, 0.4) is 0 Å². The molecule has 1 aromatic carbocycles. The molecule has 1 aromatic rings. The second-order valence-electron chi connectivity index (χ2n) is 5.79. The number of hydrogen-bond acceptors (Lipinski definition) is 4. The van der Waals surface area contributed by atoms with Crippen LogP contribution in [0.1, 0.15) is 13.3 Å². The molecule has 126 valence electrons. The molecule has 5 nitrogen and oxygen atoms in total. The molecule has 6 heteroatoms. The van der Waals surface area contributed by atoms with Gasteiger partial charge in [0.25, 0.3) is 0 Å². The van der Waals surface area contributed by atoms with Crippen LogP contribution >= 0.6 is 11.8 Å². The standard InChI is InChI=1S/C17H25N3O2S/c1-4-19(2)10-9-18-17(22)13-11-16(21)20(12-13)14-5-7-15(23-3)8-6-14/h5-8,13H,4,9-12H2,1-3H3,(H,18,22)/t13-/m0/s1. The molecule has 1 aliphatic rings. The Kier molecular flexibility index (Phi) is 6.47. The van der Waals surface area contributed by atoms with Gasteiger partial charge in [0, 0.05) is 36.6 Å². The van der Waals surface area contributed by atoms with Gasteiger partial charge >= 0.3 is 0 Å². The van der Waals surface area contributed by atoms with E-state index in [0.717, 1.165) is 23.7 Å². The highest BCUT2D eigenvalue weighted by molar-refractivity contribution is 7.98. The molecule has 1 aliphatic heterocycles. The molecule has 2 amide bonds. The van der Waals surface area contributed by atoms with Crippen LogP contribution in [0.15, 0.2) is 29.2 Å². The molecule has 0 radical (unpaired) electrons. The van der Waals surface area contributed by atoms with Crippen molar-refractivity contribution < 1.29 is 9.59 Å². The first-order valence-electron chi connectivity index (χ1n) is 7.95. The summed E-state index contributed by atoms with van der Waals surface area (Å²) in [7, 11) is 2.02. The summed E-state index contributed by atoms with van der Waals surface area (Å²) >= 11 is 1.67. The second kappa shape index (κ2) is 8.36. The van der Waals surface area contributed by atoms with Crippen LogP contribution in [0.4, 0.5) is 5.69 Å². The third-order valence-corrected chi connectivity index (χ3v) is 4.96. The van der Waals surface area contributed by atoms with E-state index in [9.17, 15) is 9.59 Å². The minimum Gasteiger partial charge on any atom is -0.355 e. The van der Waals surface area contributed by atoms with Gasteiger partial charge < -0.3 is 15.1 Å². The lowest BCUT2D eigenvalue weighted by molar-refractivity contribution is -0.126. The van der Waals surface area contributed by atoms with Crippen LogP contribution in [-0.4, -0.2) is 56.2 Å². The van der Waals surface area contributed by atoms with Crippen molar-refractivity contribution in [2.75, 3.05) is 44.4 Å². The Morgan fingerprint density at radius 3 is 2.70 bits per heavy atom. The average Bonchev–Trinajstić information content (AvgIpc) is 2.96. The fraction of sp³-hybridized carbons (Fsp3) is 0.529. The zero-order valence-corrected chi connectivity index (χ0v) is 14.9. The van der Waals surface area contributed by atoms with Crippen LogP contribution in [0.25, 0.3) is 0 Å². The molecule has 0 aliphatic carbocycles. The van der Waals surface area contributed by atoms with Crippen LogP contribution in [0.2, 0.25) is 0 Å². The third-order valence-electron chi connectivity index (χ3n) is 4.21. The van der Waals surface area contributed by atoms with Crippen molar-refractivity contribution in [3.05, 3.63) is 24.3 Å². The normalized spacial score (nSPS) is 17.8. The number of carbonyl (C=O) groups excluding carboxylic acids is 2. The summed E-state index contributed by atoms with van der Waals surface area (Å²) in [6, 6.07) is 7.89. The summed E-state index contributed by atoms with van der Waals surface area (Å²) < 4.78 is 0. The SMILES string of the molecule is CCN(C)CCNC(=O)[C@H]1CC(=O)N(c2ccc(SC)cc2)C1. The number of nitrogens with one attached hydrogen (secondary N) is 1. The number of amides is 2. The maximum Gasteiger partial charge on any atom is 0.227 e. The van der Waals surface area contributed by atoms with E-state index >= 15 is 0 Å². The van der Waals surface area contributed by atoms with Crippen molar-refractivity contribution in [3.8, 4) is 0 Å². The summed E-state index contributed by atoms with van der Waals surface area (Å²) in [6.45, 7) is 4.95. The summed E-state index contributed by atoms with van der Waals surface area (Å²) in [5.41, 5.74) is 0.869. The van der Waals surface area contributed by atoms with Crippen molar-refractivity contribution >= 4 is 29.3 Å². The minimum absolute atomic E-state index is 0.0210. The maximum absolute atomic E-state index is 12.2. The van der Waals surface area contributed by atoms with Gasteiger partial charge in [0.05, 0.1) is 5.92 Å². The van der Waals surface area contributed by atoms with Gasteiger partial charge in [-0.1, -0.05) is 6.92 Å². The highest BCUT2D eigenvalue weighted by atomic mass is 32.2. The second-order valence-corrected chi connectivity index (χ2v) is 6.67. The molecule has 0 spiro atoms. The van der Waals surface area contributed by atoms with Gasteiger partial charge in [-0.3, -0.25) is 9.59 Å². The van der Waals surface area contributed by atoms with E-state index in [1.165, 1.54) is 0 Å². The van der Waals surface area contributed by atoms with E-state index in [2.05, 4.69) is 17.1 Å². The van der Waals surface area contributed by atoms with Gasteiger partial charge in [0.15, 0.2) is 0 Å². The fourth-order valence-electron chi connectivity index (χ4n) is 2.57. The first kappa shape index (κ1) is 17.8. The van der Waals surface area contributed by atoms with Crippen molar-refractivity contribution in [2.45, 2.75) is 18.2 Å². The Morgan fingerprint density at radius 1 is 1.39 bits per heavy atom. The highest BCUT2D eigenvalue weighted by Crippen LogP contribution is 2.27. The summed E-state index contributed by atoms with van der Waals surface area (Å²) in [5.74, 6) is -0.256. The third kappa shape index (κ3) is 4.72. The lowest BCUT2D eigenvalue weighted by Gasteiger charge is -2.18. The van der Waals surface area contributed by atoms with E-state index in [-0.39, 0.29) is 17.7 Å². The lowest BCUT2D eigenvalue weighted by Crippen LogP contribution is -2.37. The largest absolute Gasteiger partial charge is 0.355 e. The zero-order chi connectivity index (χ0) is 16.8. The van der Waals surface area contributed by atoms with Crippen molar-refractivity contribution in [1.82, 2.24) is 10.2 Å². The summed E-state index contributed by atoms with van der Waals surface area (Å²) in [5, 5.41) is 2.94. The number of hydrogen-bond donors (Lipinski definition) is 1. The Bertz CT molecular complexity index is 547. The van der Waals surface area contributed by atoms with Crippen LogP contribution in [0, 0.1) is 5.92 Å². The van der Waals surface area contributed by atoms with Crippen LogP contribution in [-0.2, 0) is 9.59 Å². The number of nitrogens with zero attached hydrogens (tertiary/aromatic N) is 2. The van der Waals surface area contributed by atoms with Gasteiger partial charge in [-0.15, -0.1) is 11.8 Å². The minimum atomic E-state index is -0.255. The molecule has 1 heterocycles. The van der Waals surface area contributed by atoms with Gasteiger partial charge in [0.2, 0.25) is 11.8 Å². The fourth-order valence-corrected chi connectivity index (χ4v) is 2.98. The van der Waals surface area contributed by atoms with Crippen molar-refractivity contribution in [1.29, 1.82) is 0 Å². The number of likely N-dealkylation sites (N-methyl/N-ethyl adjacent to an activating group) is 1. The summed E-state index contributed by atoms with van der Waals surface area (Å²) in [4.78, 5) is 29.4. The molecule has 0 bridgehead atoms. The van der Waals surface area contributed by atoms with Gasteiger partial charge in [-0.05, 0) is 44.1 Å². The van der Waals surface area contributed by atoms with Crippen LogP contribution in [0.5, 0.6) is 0 Å². The maximum atomic E-state index is 12.2. The quantitative estimate of drug-likeness (QED) is 0.773. The van der Waals surface area contributed by atoms with Gasteiger partial charge in [0.1, 0.15) is 0 Å². The molecule has 23 heavy (non-hydrogen) atoms. The number of rotatable bonds is 7. The molecule has 1 atom stereocenters. The van der Waals surface area contributed by atoms with Crippen LogP contribution < -0.4 is 10.2 Å². The van der Waals surface area contributed by atoms with E-state index in [0.29, 0.717) is 19.5 Å². The van der Waals surface area contributed by atoms with Crippen molar-refractivity contribution in [2.24, 2.45) is 5.92 Å². The lowest BCUT2D eigenvalue weighted by atomic mass is 10.1. The summed E-state index contributed by atoms with van der Waals surface area (Å²) in [6.07, 6.45) is 2.31. The molecule has 2 rings (SSSR count). The average molecular weight is 335 g/mol. The van der Waals surface area contributed by atoms with E-state index in [1.54, 1.807) is 16.7 Å². The molecule has 1 fully saturated rings. The monoisotopic (exact) mass is 335 g/mol. The molecule has 0 aromatic heterocycles. The Labute approximate surface area is 142 Å². The molecule has 0 saturated carbocycles. The molecular formula is C17H25N3O2S. The molecule has 1 N–H and O–H groups in total. The number of anilines is 1. The van der Waals surface area contributed by atoms with Gasteiger partial charge in [-0.2, -0.15) is 0 Å². The smallest absolute Gasteiger partial charge is 0.227 e. The Morgan fingerprint density at radius 2 is 2.09 bits per heavy atom. The van der Waals surface area contributed by atoms with Gasteiger partial charge in [-0.25, -0.2) is 0 Å². The topological polar surface area (TPSA) is 52.7 Å². The zero-order valence-electron chi connectivity index (χ0n) is 14.0.